The van der Waals surface area contributed by atoms with E-state index in [1.54, 1.807) is 37.4 Å². The molecule has 0 bridgehead atoms. The lowest BCUT2D eigenvalue weighted by molar-refractivity contribution is -0.114. The summed E-state index contributed by atoms with van der Waals surface area (Å²) in [7, 11) is 1.55. The van der Waals surface area contributed by atoms with Gasteiger partial charge in [0.05, 0.1) is 5.57 Å². The summed E-state index contributed by atoms with van der Waals surface area (Å²) in [5.74, 6) is 1.61. The van der Waals surface area contributed by atoms with Gasteiger partial charge in [-0.05, 0) is 42.8 Å². The number of nitrogens with zero attached hydrogens (tertiary/aromatic N) is 1. The third kappa shape index (κ3) is 4.71. The molecule has 2 N–H and O–H groups in total. The van der Waals surface area contributed by atoms with Crippen LogP contribution in [0.4, 0.5) is 0 Å². The van der Waals surface area contributed by atoms with Crippen molar-refractivity contribution in [1.82, 2.24) is 0 Å². The zero-order valence-corrected chi connectivity index (χ0v) is 13.7. The lowest BCUT2D eigenvalue weighted by atomic mass is 10.2. The summed E-state index contributed by atoms with van der Waals surface area (Å²) < 4.78 is 11.4. The Balaban J connectivity index is 2.10. The Hall–Kier alpha value is -3.08. The lowest BCUT2D eigenvalue weighted by Crippen LogP contribution is -2.24. The van der Waals surface area contributed by atoms with Crippen molar-refractivity contribution in [1.29, 1.82) is 0 Å². The second-order valence-corrected chi connectivity index (χ2v) is 4.91. The molecule has 0 saturated carbocycles. The first-order valence-electron chi connectivity index (χ1n) is 7.62. The number of carbonyl (C=O) groups excluding carboxylic acids is 1. The van der Waals surface area contributed by atoms with Gasteiger partial charge in [-0.3, -0.25) is 9.79 Å². The van der Waals surface area contributed by atoms with E-state index in [1.807, 2.05) is 37.3 Å². The number of allylic oxidation sites excluding steroid dienone is 1. The zero-order chi connectivity index (χ0) is 17.4. The number of nitrogens with two attached hydrogens (primary N) is 1. The molecule has 0 radical (unpaired) electrons. The van der Waals surface area contributed by atoms with Crippen molar-refractivity contribution in [2.45, 2.75) is 13.3 Å². The van der Waals surface area contributed by atoms with Crippen LogP contribution in [-0.4, -0.2) is 18.9 Å². The van der Waals surface area contributed by atoms with Crippen LogP contribution in [0.3, 0.4) is 0 Å². The molecule has 5 heteroatoms. The van der Waals surface area contributed by atoms with E-state index in [0.29, 0.717) is 17.9 Å². The zero-order valence-electron chi connectivity index (χ0n) is 13.7. The van der Waals surface area contributed by atoms with Crippen LogP contribution >= 0.6 is 0 Å². The van der Waals surface area contributed by atoms with Gasteiger partial charge in [0, 0.05) is 7.05 Å². The molecule has 0 unspecified atom stereocenters. The predicted molar refractivity (Wildman–Crippen MR) is 94.5 cm³/mol. The molecule has 0 aliphatic rings. The van der Waals surface area contributed by atoms with Crippen LogP contribution in [0.25, 0.3) is 0 Å². The summed E-state index contributed by atoms with van der Waals surface area (Å²) >= 11 is 0. The van der Waals surface area contributed by atoms with E-state index < -0.39 is 5.91 Å². The van der Waals surface area contributed by atoms with E-state index >= 15 is 0 Å². The predicted octanol–water partition coefficient (Wildman–Crippen LogP) is 3.71. The molecule has 0 aliphatic heterocycles. The van der Waals surface area contributed by atoms with E-state index in [4.69, 9.17) is 15.2 Å². The Bertz CT molecular complexity index is 735. The maximum atomic E-state index is 11.5. The lowest BCUT2D eigenvalue weighted by Gasteiger charge is -2.11. The van der Waals surface area contributed by atoms with Crippen molar-refractivity contribution in [2.24, 2.45) is 10.7 Å². The van der Waals surface area contributed by atoms with Crippen LogP contribution in [0.15, 0.2) is 71.2 Å². The van der Waals surface area contributed by atoms with E-state index in [2.05, 4.69) is 4.99 Å². The Labute approximate surface area is 141 Å². The summed E-state index contributed by atoms with van der Waals surface area (Å²) in [4.78, 5) is 15.5. The quantitative estimate of drug-likeness (QED) is 0.500. The monoisotopic (exact) mass is 324 g/mol. The summed E-state index contributed by atoms with van der Waals surface area (Å²) in [6.07, 6.45) is 2.35. The van der Waals surface area contributed by atoms with Crippen molar-refractivity contribution < 1.29 is 14.3 Å². The highest BCUT2D eigenvalue weighted by atomic mass is 16.5. The third-order valence-electron chi connectivity index (χ3n) is 3.12. The van der Waals surface area contributed by atoms with Crippen LogP contribution < -0.4 is 15.2 Å². The first kappa shape index (κ1) is 17.3. The van der Waals surface area contributed by atoms with Gasteiger partial charge < -0.3 is 15.2 Å². The molecular formula is C19H20N2O3. The largest absolute Gasteiger partial charge is 0.457 e. The number of rotatable bonds is 6. The fraction of sp³-hybridized carbons (Fsp3) is 0.158. The standard InChI is InChI=1S/C19H20N2O3/c1-3-7-17(18(20)22)19(21-2)24-16-12-10-15(11-13-16)23-14-8-5-4-6-9-14/h4-13H,3H2,1-2H3,(H2,20,22)/b17-7-,21-19?. The molecule has 0 spiro atoms. The van der Waals surface area contributed by atoms with Gasteiger partial charge in [0.1, 0.15) is 17.2 Å². The highest BCUT2D eigenvalue weighted by Crippen LogP contribution is 2.24. The van der Waals surface area contributed by atoms with Crippen molar-refractivity contribution in [2.75, 3.05) is 7.05 Å². The van der Waals surface area contributed by atoms with Crippen LogP contribution in [0.1, 0.15) is 13.3 Å². The number of para-hydroxylation sites is 1. The molecule has 0 aliphatic carbocycles. The van der Waals surface area contributed by atoms with Crippen LogP contribution in [0, 0.1) is 0 Å². The van der Waals surface area contributed by atoms with Crippen molar-refractivity contribution in [3.05, 3.63) is 66.2 Å². The smallest absolute Gasteiger partial charge is 0.253 e. The highest BCUT2D eigenvalue weighted by molar-refractivity contribution is 6.18. The van der Waals surface area contributed by atoms with Gasteiger partial charge in [0.15, 0.2) is 0 Å². The first-order chi connectivity index (χ1) is 11.6. The average molecular weight is 324 g/mol. The minimum atomic E-state index is -0.568. The molecular weight excluding hydrogens is 304 g/mol. The average Bonchev–Trinajstić information content (AvgIpc) is 2.60. The molecule has 0 saturated heterocycles. The van der Waals surface area contributed by atoms with Crippen molar-refractivity contribution >= 4 is 11.8 Å². The van der Waals surface area contributed by atoms with E-state index in [0.717, 1.165) is 5.75 Å². The fourth-order valence-electron chi connectivity index (χ4n) is 2.03. The molecule has 0 fully saturated rings. The van der Waals surface area contributed by atoms with Gasteiger partial charge in [-0.15, -0.1) is 0 Å². The molecule has 0 atom stereocenters. The number of hydrogen-bond donors (Lipinski definition) is 1. The number of hydrogen-bond acceptors (Lipinski definition) is 4. The van der Waals surface area contributed by atoms with Gasteiger partial charge in [-0.2, -0.15) is 0 Å². The van der Waals surface area contributed by atoms with Gasteiger partial charge >= 0.3 is 0 Å². The molecule has 0 heterocycles. The maximum Gasteiger partial charge on any atom is 0.253 e. The molecule has 24 heavy (non-hydrogen) atoms. The van der Waals surface area contributed by atoms with Crippen molar-refractivity contribution in [3.63, 3.8) is 0 Å². The molecule has 5 nitrogen and oxygen atoms in total. The van der Waals surface area contributed by atoms with Gasteiger partial charge in [0.25, 0.3) is 5.91 Å². The van der Waals surface area contributed by atoms with Crippen LogP contribution in [0.2, 0.25) is 0 Å². The molecule has 2 aromatic rings. The minimum absolute atomic E-state index is 0.195. The number of aliphatic imine (C=N–C) groups is 1. The van der Waals surface area contributed by atoms with Crippen molar-refractivity contribution in [3.8, 4) is 17.2 Å². The first-order valence-corrected chi connectivity index (χ1v) is 7.62. The maximum absolute atomic E-state index is 11.5. The molecule has 124 valence electrons. The van der Waals surface area contributed by atoms with Crippen LogP contribution in [-0.2, 0) is 4.79 Å². The number of ether oxygens (including phenoxy) is 2. The SMILES string of the molecule is CC/C=C(/C(N)=O)C(=NC)Oc1ccc(Oc2ccccc2)cc1. The topological polar surface area (TPSA) is 73.9 Å². The Morgan fingerprint density at radius 2 is 1.62 bits per heavy atom. The number of carbonyl (C=O) groups is 1. The van der Waals surface area contributed by atoms with Crippen LogP contribution in [0.5, 0.6) is 17.2 Å². The molecule has 2 aromatic carbocycles. The Kier molecular flexibility index (Phi) is 6.14. The third-order valence-corrected chi connectivity index (χ3v) is 3.12. The number of benzene rings is 2. The normalized spacial score (nSPS) is 11.9. The number of amides is 1. The van der Waals surface area contributed by atoms with Gasteiger partial charge in [-0.25, -0.2) is 0 Å². The van der Waals surface area contributed by atoms with Gasteiger partial charge in [-0.1, -0.05) is 31.2 Å². The van der Waals surface area contributed by atoms with E-state index in [9.17, 15) is 4.79 Å². The molecule has 2 rings (SSSR count). The summed E-state index contributed by atoms with van der Waals surface area (Å²) in [6.45, 7) is 1.91. The second kappa shape index (κ2) is 8.53. The Morgan fingerprint density at radius 3 is 2.17 bits per heavy atom. The molecule has 0 aromatic heterocycles. The van der Waals surface area contributed by atoms with E-state index in [-0.39, 0.29) is 11.5 Å². The number of primary amides is 1. The highest BCUT2D eigenvalue weighted by Gasteiger charge is 2.14. The molecule has 1 amide bonds. The van der Waals surface area contributed by atoms with E-state index in [1.165, 1.54) is 0 Å². The summed E-state index contributed by atoms with van der Waals surface area (Å²) in [5, 5.41) is 0. The summed E-state index contributed by atoms with van der Waals surface area (Å²) in [6, 6.07) is 16.5. The summed E-state index contributed by atoms with van der Waals surface area (Å²) in [5.41, 5.74) is 5.64. The second-order valence-electron chi connectivity index (χ2n) is 4.91. The van der Waals surface area contributed by atoms with Gasteiger partial charge in [0.2, 0.25) is 5.90 Å². The Morgan fingerprint density at radius 1 is 1.04 bits per heavy atom. The fourth-order valence-corrected chi connectivity index (χ4v) is 2.03. The minimum Gasteiger partial charge on any atom is -0.457 e.